The van der Waals surface area contributed by atoms with Gasteiger partial charge in [-0.1, -0.05) is 12.1 Å². The van der Waals surface area contributed by atoms with Gasteiger partial charge in [-0.3, -0.25) is 0 Å². The molecular formula is C13H18F3NO2. The van der Waals surface area contributed by atoms with Crippen molar-refractivity contribution in [1.29, 1.82) is 0 Å². The van der Waals surface area contributed by atoms with Crippen molar-refractivity contribution in [3.8, 4) is 0 Å². The van der Waals surface area contributed by atoms with Crippen molar-refractivity contribution in [3.05, 3.63) is 35.4 Å². The van der Waals surface area contributed by atoms with Crippen LogP contribution in [0.1, 0.15) is 24.1 Å². The summed E-state index contributed by atoms with van der Waals surface area (Å²) in [5.41, 5.74) is 5.78. The SMILES string of the molecule is COCC(C)OCC(N)c1ccc(C(F)(F)F)cc1. The molecule has 0 amide bonds. The maximum atomic E-state index is 12.4. The van der Waals surface area contributed by atoms with Crippen molar-refractivity contribution in [1.82, 2.24) is 0 Å². The van der Waals surface area contributed by atoms with Gasteiger partial charge in [-0.15, -0.1) is 0 Å². The Morgan fingerprint density at radius 2 is 1.74 bits per heavy atom. The fraction of sp³-hybridized carbons (Fsp3) is 0.538. The van der Waals surface area contributed by atoms with Crippen LogP contribution in [-0.2, 0) is 15.7 Å². The highest BCUT2D eigenvalue weighted by Crippen LogP contribution is 2.29. The molecule has 0 saturated carbocycles. The summed E-state index contributed by atoms with van der Waals surface area (Å²) < 4.78 is 47.5. The van der Waals surface area contributed by atoms with Crippen molar-refractivity contribution in [3.63, 3.8) is 0 Å². The van der Waals surface area contributed by atoms with Gasteiger partial charge in [0.25, 0.3) is 0 Å². The molecule has 0 aliphatic heterocycles. The van der Waals surface area contributed by atoms with E-state index in [1.165, 1.54) is 12.1 Å². The molecule has 1 aromatic rings. The maximum absolute atomic E-state index is 12.4. The molecule has 0 aromatic heterocycles. The third-order valence-corrected chi connectivity index (χ3v) is 2.63. The van der Waals surface area contributed by atoms with Crippen LogP contribution in [0.25, 0.3) is 0 Å². The van der Waals surface area contributed by atoms with Gasteiger partial charge >= 0.3 is 6.18 Å². The third-order valence-electron chi connectivity index (χ3n) is 2.63. The van der Waals surface area contributed by atoms with Gasteiger partial charge in [-0.05, 0) is 24.6 Å². The van der Waals surface area contributed by atoms with Crippen LogP contribution in [0.15, 0.2) is 24.3 Å². The summed E-state index contributed by atoms with van der Waals surface area (Å²) in [7, 11) is 1.57. The lowest BCUT2D eigenvalue weighted by atomic mass is 10.1. The van der Waals surface area contributed by atoms with Crippen molar-refractivity contribution in [2.75, 3.05) is 20.3 Å². The molecule has 0 spiro atoms. The fourth-order valence-electron chi connectivity index (χ4n) is 1.57. The molecule has 1 rings (SSSR count). The van der Waals surface area contributed by atoms with Gasteiger partial charge < -0.3 is 15.2 Å². The van der Waals surface area contributed by atoms with Crippen molar-refractivity contribution >= 4 is 0 Å². The van der Waals surface area contributed by atoms with Gasteiger partial charge in [0.2, 0.25) is 0 Å². The second-order valence-corrected chi connectivity index (χ2v) is 4.33. The predicted molar refractivity (Wildman–Crippen MR) is 65.7 cm³/mol. The number of hydrogen-bond donors (Lipinski definition) is 1. The number of halogens is 3. The molecule has 0 aliphatic rings. The monoisotopic (exact) mass is 277 g/mol. The minimum absolute atomic E-state index is 0.106. The number of ether oxygens (including phenoxy) is 2. The minimum atomic E-state index is -4.33. The summed E-state index contributed by atoms with van der Waals surface area (Å²) in [5.74, 6) is 0. The largest absolute Gasteiger partial charge is 0.416 e. The zero-order chi connectivity index (χ0) is 14.5. The van der Waals surface area contributed by atoms with E-state index in [9.17, 15) is 13.2 Å². The Labute approximate surface area is 110 Å². The first-order valence-corrected chi connectivity index (χ1v) is 5.88. The molecule has 0 heterocycles. The molecule has 1 aromatic carbocycles. The highest BCUT2D eigenvalue weighted by Gasteiger charge is 2.30. The highest BCUT2D eigenvalue weighted by molar-refractivity contribution is 5.26. The molecule has 0 saturated heterocycles. The second-order valence-electron chi connectivity index (χ2n) is 4.33. The van der Waals surface area contributed by atoms with Gasteiger partial charge in [-0.25, -0.2) is 0 Å². The second kappa shape index (κ2) is 6.88. The Kier molecular flexibility index (Phi) is 5.78. The summed E-state index contributed by atoms with van der Waals surface area (Å²) in [4.78, 5) is 0. The molecule has 2 atom stereocenters. The Morgan fingerprint density at radius 3 is 2.21 bits per heavy atom. The first kappa shape index (κ1) is 15.9. The fourth-order valence-corrected chi connectivity index (χ4v) is 1.57. The van der Waals surface area contributed by atoms with Gasteiger partial charge in [0, 0.05) is 7.11 Å². The number of benzene rings is 1. The van der Waals surface area contributed by atoms with Gasteiger partial charge in [0.15, 0.2) is 0 Å². The van der Waals surface area contributed by atoms with E-state index in [2.05, 4.69) is 0 Å². The van der Waals surface area contributed by atoms with E-state index in [1.54, 1.807) is 7.11 Å². The van der Waals surface area contributed by atoms with Crippen LogP contribution in [0.5, 0.6) is 0 Å². The number of hydrogen-bond acceptors (Lipinski definition) is 3. The van der Waals surface area contributed by atoms with Gasteiger partial charge in [0.1, 0.15) is 0 Å². The lowest BCUT2D eigenvalue weighted by molar-refractivity contribution is -0.137. The van der Waals surface area contributed by atoms with Crippen LogP contribution in [0.3, 0.4) is 0 Å². The number of alkyl halides is 3. The molecule has 0 bridgehead atoms. The lowest BCUT2D eigenvalue weighted by Gasteiger charge is -2.17. The van der Waals surface area contributed by atoms with Crippen molar-refractivity contribution in [2.24, 2.45) is 5.73 Å². The topological polar surface area (TPSA) is 44.5 Å². The maximum Gasteiger partial charge on any atom is 0.416 e. The minimum Gasteiger partial charge on any atom is -0.382 e. The van der Waals surface area contributed by atoms with Crippen LogP contribution in [0.4, 0.5) is 13.2 Å². The Morgan fingerprint density at radius 1 is 1.16 bits per heavy atom. The summed E-state index contributed by atoms with van der Waals surface area (Å²) in [6.07, 6.45) is -4.43. The van der Waals surface area contributed by atoms with E-state index in [0.29, 0.717) is 12.2 Å². The third kappa shape index (κ3) is 5.18. The molecule has 6 heteroatoms. The summed E-state index contributed by atoms with van der Waals surface area (Å²) in [6, 6.07) is 4.33. The van der Waals surface area contributed by atoms with E-state index in [4.69, 9.17) is 15.2 Å². The summed E-state index contributed by atoms with van der Waals surface area (Å²) >= 11 is 0. The van der Waals surface area contributed by atoms with E-state index < -0.39 is 17.8 Å². The molecule has 108 valence electrons. The van der Waals surface area contributed by atoms with Gasteiger partial charge in [-0.2, -0.15) is 13.2 Å². The average molecular weight is 277 g/mol. The Bertz CT molecular complexity index is 378. The molecule has 2 unspecified atom stereocenters. The molecule has 3 nitrogen and oxygen atoms in total. The Balaban J connectivity index is 2.56. The molecule has 0 fully saturated rings. The van der Waals surface area contributed by atoms with Crippen LogP contribution >= 0.6 is 0 Å². The van der Waals surface area contributed by atoms with E-state index >= 15 is 0 Å². The predicted octanol–water partition coefficient (Wildman–Crippen LogP) is 2.76. The molecular weight excluding hydrogens is 259 g/mol. The van der Waals surface area contributed by atoms with Crippen LogP contribution in [0, 0.1) is 0 Å². The lowest BCUT2D eigenvalue weighted by Crippen LogP contribution is -2.23. The number of rotatable bonds is 6. The number of nitrogens with two attached hydrogens (primary N) is 1. The van der Waals surface area contributed by atoms with Crippen LogP contribution in [0.2, 0.25) is 0 Å². The first-order valence-electron chi connectivity index (χ1n) is 5.88. The highest BCUT2D eigenvalue weighted by atomic mass is 19.4. The number of methoxy groups -OCH3 is 1. The summed E-state index contributed by atoms with van der Waals surface area (Å²) in [5, 5.41) is 0. The zero-order valence-corrected chi connectivity index (χ0v) is 10.9. The summed E-state index contributed by atoms with van der Waals surface area (Å²) in [6.45, 7) is 2.51. The van der Waals surface area contributed by atoms with E-state index in [1.807, 2.05) is 6.92 Å². The normalized spacial score (nSPS) is 15.3. The van der Waals surface area contributed by atoms with E-state index in [0.717, 1.165) is 12.1 Å². The van der Waals surface area contributed by atoms with Crippen molar-refractivity contribution < 1.29 is 22.6 Å². The van der Waals surface area contributed by atoms with Crippen LogP contribution < -0.4 is 5.73 Å². The van der Waals surface area contributed by atoms with Crippen molar-refractivity contribution in [2.45, 2.75) is 25.2 Å². The Hall–Kier alpha value is -1.11. The van der Waals surface area contributed by atoms with Crippen LogP contribution in [-0.4, -0.2) is 26.4 Å². The van der Waals surface area contributed by atoms with Gasteiger partial charge in [0.05, 0.1) is 30.9 Å². The zero-order valence-electron chi connectivity index (χ0n) is 10.9. The molecule has 0 aliphatic carbocycles. The van der Waals surface area contributed by atoms with E-state index in [-0.39, 0.29) is 12.7 Å². The molecule has 2 N–H and O–H groups in total. The first-order chi connectivity index (χ1) is 8.84. The standard InChI is InChI=1S/C13H18F3NO2/c1-9(7-18-2)19-8-12(17)10-3-5-11(6-4-10)13(14,15)16/h3-6,9,12H,7-8,17H2,1-2H3. The molecule has 19 heavy (non-hydrogen) atoms. The quantitative estimate of drug-likeness (QED) is 0.869. The average Bonchev–Trinajstić information content (AvgIpc) is 2.35. The smallest absolute Gasteiger partial charge is 0.382 e. The molecule has 0 radical (unpaired) electrons.